The minimum absolute atomic E-state index is 0.000330. The maximum atomic E-state index is 13.5. The lowest BCUT2D eigenvalue weighted by atomic mass is 10.2. The predicted molar refractivity (Wildman–Crippen MR) is 130 cm³/mol. The number of ether oxygens (including phenoxy) is 2. The van der Waals surface area contributed by atoms with Gasteiger partial charge in [-0.1, -0.05) is 40.2 Å². The molecule has 0 heterocycles. The summed E-state index contributed by atoms with van der Waals surface area (Å²) in [5, 5.41) is 3.93. The van der Waals surface area contributed by atoms with Gasteiger partial charge in [-0.3, -0.25) is 9.10 Å². The lowest BCUT2D eigenvalue weighted by Gasteiger charge is -2.25. The Labute approximate surface area is 201 Å². The highest BCUT2D eigenvalue weighted by atomic mass is 79.9. The van der Waals surface area contributed by atoms with Crippen LogP contribution in [0.4, 0.5) is 5.69 Å². The van der Waals surface area contributed by atoms with Gasteiger partial charge in [0.05, 0.1) is 31.0 Å². The summed E-state index contributed by atoms with van der Waals surface area (Å²) in [5.41, 5.74) is 3.36. The van der Waals surface area contributed by atoms with Gasteiger partial charge in [0, 0.05) is 4.47 Å². The number of hydrogen-bond donors (Lipinski definition) is 1. The fourth-order valence-corrected chi connectivity index (χ4v) is 4.79. The van der Waals surface area contributed by atoms with Crippen molar-refractivity contribution in [1.29, 1.82) is 0 Å². The zero-order valence-electron chi connectivity index (χ0n) is 17.9. The highest BCUT2D eigenvalue weighted by molar-refractivity contribution is 9.10. The first-order valence-electron chi connectivity index (χ1n) is 9.72. The molecule has 0 unspecified atom stereocenters. The Morgan fingerprint density at radius 2 is 1.76 bits per heavy atom. The second kappa shape index (κ2) is 11.0. The summed E-state index contributed by atoms with van der Waals surface area (Å²) in [6.45, 7) is -0.509. The lowest BCUT2D eigenvalue weighted by Crippen LogP contribution is -2.39. The number of nitrogens with one attached hydrogen (secondary N) is 1. The average Bonchev–Trinajstić information content (AvgIpc) is 2.82. The molecule has 0 spiro atoms. The van der Waals surface area contributed by atoms with Gasteiger partial charge in [-0.25, -0.2) is 13.8 Å². The van der Waals surface area contributed by atoms with Gasteiger partial charge in [0.25, 0.3) is 15.9 Å². The van der Waals surface area contributed by atoms with E-state index in [1.807, 2.05) is 24.3 Å². The van der Waals surface area contributed by atoms with Crippen molar-refractivity contribution in [3.8, 4) is 11.5 Å². The van der Waals surface area contributed by atoms with Gasteiger partial charge in [0.1, 0.15) is 18.0 Å². The Hall–Kier alpha value is -3.37. The number of anilines is 1. The zero-order chi connectivity index (χ0) is 23.8. The van der Waals surface area contributed by atoms with Crippen LogP contribution in [0.15, 0.2) is 87.3 Å². The van der Waals surface area contributed by atoms with E-state index in [9.17, 15) is 13.2 Å². The van der Waals surface area contributed by atoms with Gasteiger partial charge in [-0.2, -0.15) is 5.10 Å². The van der Waals surface area contributed by atoms with Crippen molar-refractivity contribution < 1.29 is 22.7 Å². The van der Waals surface area contributed by atoms with Gasteiger partial charge in [-0.15, -0.1) is 0 Å². The van der Waals surface area contributed by atoms with Gasteiger partial charge >= 0.3 is 0 Å². The summed E-state index contributed by atoms with van der Waals surface area (Å²) >= 11 is 3.37. The molecule has 3 rings (SSSR count). The standard InChI is InChI=1S/C23H22BrN3O5S/c1-31-19-10-12-20(13-11-19)33(29,30)27(21-8-3-4-9-22(21)32-2)16-23(28)26-25-15-17-6-5-7-18(24)14-17/h3-15H,16H2,1-2H3,(H,26,28)/b25-15-. The molecule has 3 aromatic rings. The monoisotopic (exact) mass is 531 g/mol. The maximum absolute atomic E-state index is 13.5. The van der Waals surface area contributed by atoms with Crippen LogP contribution in [0.5, 0.6) is 11.5 Å². The van der Waals surface area contributed by atoms with E-state index < -0.39 is 22.5 Å². The molecule has 1 amide bonds. The fourth-order valence-electron chi connectivity index (χ4n) is 2.94. The average molecular weight is 532 g/mol. The number of amides is 1. The molecule has 0 bridgehead atoms. The molecule has 0 aliphatic heterocycles. The SMILES string of the molecule is COc1ccc(S(=O)(=O)N(CC(=O)N/N=C\c2cccc(Br)c2)c2ccccc2OC)cc1. The smallest absolute Gasteiger partial charge is 0.264 e. The van der Waals surface area contributed by atoms with Crippen LogP contribution >= 0.6 is 15.9 Å². The van der Waals surface area contributed by atoms with E-state index >= 15 is 0 Å². The van der Waals surface area contributed by atoms with Crippen molar-refractivity contribution in [2.75, 3.05) is 25.1 Å². The quantitative estimate of drug-likeness (QED) is 0.334. The number of methoxy groups -OCH3 is 2. The van der Waals surface area contributed by atoms with Crippen molar-refractivity contribution in [3.63, 3.8) is 0 Å². The highest BCUT2D eigenvalue weighted by Gasteiger charge is 2.29. The molecule has 3 aromatic carbocycles. The van der Waals surface area contributed by atoms with Crippen LogP contribution < -0.4 is 19.2 Å². The van der Waals surface area contributed by atoms with E-state index in [1.54, 1.807) is 24.3 Å². The summed E-state index contributed by atoms with van der Waals surface area (Å²) in [7, 11) is -1.19. The predicted octanol–water partition coefficient (Wildman–Crippen LogP) is 3.81. The molecule has 8 nitrogen and oxygen atoms in total. The number of rotatable bonds is 9. The first-order chi connectivity index (χ1) is 15.8. The molecule has 0 aliphatic carbocycles. The van der Waals surface area contributed by atoms with E-state index in [2.05, 4.69) is 26.5 Å². The van der Waals surface area contributed by atoms with Crippen LogP contribution in [-0.2, 0) is 14.8 Å². The zero-order valence-corrected chi connectivity index (χ0v) is 20.3. The Morgan fingerprint density at radius 3 is 2.42 bits per heavy atom. The van der Waals surface area contributed by atoms with E-state index in [4.69, 9.17) is 9.47 Å². The third-order valence-corrected chi connectivity index (χ3v) is 6.81. The van der Waals surface area contributed by atoms with Crippen molar-refractivity contribution in [3.05, 3.63) is 82.8 Å². The minimum Gasteiger partial charge on any atom is -0.497 e. The Balaban J connectivity index is 1.89. The number of sulfonamides is 1. The summed E-state index contributed by atoms with van der Waals surface area (Å²) in [4.78, 5) is 12.7. The molecule has 0 radical (unpaired) electrons. The summed E-state index contributed by atoms with van der Waals surface area (Å²) in [6, 6.07) is 19.8. The molecule has 0 aromatic heterocycles. The summed E-state index contributed by atoms with van der Waals surface area (Å²) in [5.74, 6) is 0.196. The van der Waals surface area contributed by atoms with E-state index in [0.29, 0.717) is 11.5 Å². The van der Waals surface area contributed by atoms with Crippen molar-refractivity contribution in [2.45, 2.75) is 4.90 Å². The largest absolute Gasteiger partial charge is 0.497 e. The van der Waals surface area contributed by atoms with Crippen LogP contribution in [0.3, 0.4) is 0 Å². The first-order valence-corrected chi connectivity index (χ1v) is 12.0. The van der Waals surface area contributed by atoms with Gasteiger partial charge in [0.2, 0.25) is 0 Å². The molecular formula is C23H22BrN3O5S. The summed E-state index contributed by atoms with van der Waals surface area (Å²) in [6.07, 6.45) is 1.47. The number of hydrogen-bond acceptors (Lipinski definition) is 6. The minimum atomic E-state index is -4.11. The second-order valence-electron chi connectivity index (χ2n) is 6.71. The number of halogens is 1. The second-order valence-corrected chi connectivity index (χ2v) is 9.49. The molecule has 0 saturated heterocycles. The topological polar surface area (TPSA) is 97.3 Å². The maximum Gasteiger partial charge on any atom is 0.264 e. The molecule has 33 heavy (non-hydrogen) atoms. The number of hydrazone groups is 1. The van der Waals surface area contributed by atoms with Crippen LogP contribution in [0, 0.1) is 0 Å². The Morgan fingerprint density at radius 1 is 1.03 bits per heavy atom. The first kappa shape index (κ1) is 24.3. The van der Waals surface area contributed by atoms with E-state index in [0.717, 1.165) is 14.3 Å². The van der Waals surface area contributed by atoms with Crippen molar-refractivity contribution in [1.82, 2.24) is 5.43 Å². The summed E-state index contributed by atoms with van der Waals surface area (Å²) < 4.78 is 39.2. The number of para-hydroxylation sites is 2. The Bertz CT molecular complexity index is 1250. The molecule has 172 valence electrons. The molecule has 10 heteroatoms. The highest BCUT2D eigenvalue weighted by Crippen LogP contribution is 2.32. The van der Waals surface area contributed by atoms with Crippen LogP contribution in [0.1, 0.15) is 5.56 Å². The van der Waals surface area contributed by atoms with Crippen LogP contribution in [0.2, 0.25) is 0 Å². The Kier molecular flexibility index (Phi) is 8.07. The van der Waals surface area contributed by atoms with Crippen LogP contribution in [-0.4, -0.2) is 41.3 Å². The number of carbonyl (C=O) groups excluding carboxylic acids is 1. The number of carbonyl (C=O) groups is 1. The van der Waals surface area contributed by atoms with Crippen molar-refractivity contribution in [2.24, 2.45) is 5.10 Å². The van der Waals surface area contributed by atoms with Gasteiger partial charge < -0.3 is 9.47 Å². The fraction of sp³-hybridized carbons (Fsp3) is 0.130. The lowest BCUT2D eigenvalue weighted by molar-refractivity contribution is -0.119. The third-order valence-electron chi connectivity index (χ3n) is 4.54. The number of benzene rings is 3. The molecule has 1 N–H and O–H groups in total. The molecule has 0 fully saturated rings. The molecular weight excluding hydrogens is 510 g/mol. The van der Waals surface area contributed by atoms with Crippen LogP contribution in [0.25, 0.3) is 0 Å². The molecule has 0 atom stereocenters. The number of nitrogens with zero attached hydrogens (tertiary/aromatic N) is 2. The molecule has 0 aliphatic rings. The van der Waals surface area contributed by atoms with Gasteiger partial charge in [-0.05, 0) is 54.1 Å². The van der Waals surface area contributed by atoms with Crippen molar-refractivity contribution >= 4 is 43.8 Å². The normalized spacial score (nSPS) is 11.2. The van der Waals surface area contributed by atoms with E-state index in [-0.39, 0.29) is 10.6 Å². The van der Waals surface area contributed by atoms with Gasteiger partial charge in [0.15, 0.2) is 0 Å². The molecule has 0 saturated carbocycles. The van der Waals surface area contributed by atoms with E-state index in [1.165, 1.54) is 44.7 Å². The third kappa shape index (κ3) is 6.11.